The molecule has 0 aliphatic carbocycles. The first-order chi connectivity index (χ1) is 10.6. The lowest BCUT2D eigenvalue weighted by atomic mass is 10.1. The van der Waals surface area contributed by atoms with Crippen molar-refractivity contribution in [2.45, 2.75) is 13.3 Å². The van der Waals surface area contributed by atoms with E-state index >= 15 is 0 Å². The smallest absolute Gasteiger partial charge is 0.228 e. The summed E-state index contributed by atoms with van der Waals surface area (Å²) in [6, 6.07) is 12.8. The topological polar surface area (TPSA) is 64.4 Å². The Morgan fingerprint density at radius 2 is 2.00 bits per heavy atom. The van der Waals surface area contributed by atoms with Crippen molar-refractivity contribution in [2.75, 3.05) is 12.4 Å². The monoisotopic (exact) mass is 296 g/mol. The maximum atomic E-state index is 12.1. The quantitative estimate of drug-likeness (QED) is 0.802. The molecule has 0 saturated heterocycles. The summed E-state index contributed by atoms with van der Waals surface area (Å²) < 4.78 is 10.5. The Bertz CT molecular complexity index is 806. The average molecular weight is 296 g/mol. The Hall–Kier alpha value is -2.82. The number of benzene rings is 2. The van der Waals surface area contributed by atoms with Crippen molar-refractivity contribution in [3.8, 4) is 5.75 Å². The molecule has 0 spiro atoms. The van der Waals surface area contributed by atoms with Gasteiger partial charge < -0.3 is 14.5 Å². The molecule has 3 rings (SSSR count). The van der Waals surface area contributed by atoms with Crippen LogP contribution in [0.5, 0.6) is 5.75 Å². The van der Waals surface area contributed by atoms with Crippen molar-refractivity contribution in [3.63, 3.8) is 0 Å². The van der Waals surface area contributed by atoms with Crippen LogP contribution < -0.4 is 10.1 Å². The molecule has 0 aliphatic rings. The molecule has 0 unspecified atom stereocenters. The predicted molar refractivity (Wildman–Crippen MR) is 84.1 cm³/mol. The molecule has 0 bridgehead atoms. The number of hydrogen-bond acceptors (Lipinski definition) is 4. The van der Waals surface area contributed by atoms with Gasteiger partial charge in [-0.2, -0.15) is 0 Å². The van der Waals surface area contributed by atoms with Crippen molar-refractivity contribution in [2.24, 2.45) is 0 Å². The van der Waals surface area contributed by atoms with Crippen LogP contribution in [0.1, 0.15) is 11.5 Å². The van der Waals surface area contributed by atoms with Crippen LogP contribution in [0, 0.1) is 6.92 Å². The van der Waals surface area contributed by atoms with Crippen molar-refractivity contribution in [1.82, 2.24) is 4.98 Å². The number of amides is 1. The first kappa shape index (κ1) is 14.1. The lowest BCUT2D eigenvalue weighted by Gasteiger charge is -2.06. The van der Waals surface area contributed by atoms with Gasteiger partial charge in [0.1, 0.15) is 11.3 Å². The van der Waals surface area contributed by atoms with Gasteiger partial charge in [0.05, 0.1) is 13.5 Å². The SMILES string of the molecule is COc1ccc(NC(=O)Cc2ccc3oc(C)nc3c2)cc1. The summed E-state index contributed by atoms with van der Waals surface area (Å²) in [6.45, 7) is 1.80. The summed E-state index contributed by atoms with van der Waals surface area (Å²) in [5, 5.41) is 2.86. The van der Waals surface area contributed by atoms with E-state index in [0.29, 0.717) is 5.89 Å². The zero-order valence-corrected chi connectivity index (χ0v) is 12.4. The summed E-state index contributed by atoms with van der Waals surface area (Å²) in [7, 11) is 1.61. The summed E-state index contributed by atoms with van der Waals surface area (Å²) in [6.07, 6.45) is 0.286. The number of ether oxygens (including phenoxy) is 1. The molecule has 1 aromatic heterocycles. The average Bonchev–Trinajstić information content (AvgIpc) is 2.87. The van der Waals surface area contributed by atoms with E-state index in [1.165, 1.54) is 0 Å². The van der Waals surface area contributed by atoms with Crippen LogP contribution in [0.4, 0.5) is 5.69 Å². The molecule has 1 heterocycles. The molecule has 5 heteroatoms. The number of aromatic nitrogens is 1. The van der Waals surface area contributed by atoms with Gasteiger partial charge >= 0.3 is 0 Å². The predicted octanol–water partition coefficient (Wildman–Crippen LogP) is 3.33. The highest BCUT2D eigenvalue weighted by molar-refractivity contribution is 5.92. The van der Waals surface area contributed by atoms with E-state index in [2.05, 4.69) is 10.3 Å². The fourth-order valence-corrected chi connectivity index (χ4v) is 2.26. The minimum atomic E-state index is -0.0790. The maximum Gasteiger partial charge on any atom is 0.228 e. The molecule has 3 aromatic rings. The van der Waals surface area contributed by atoms with Crippen LogP contribution in [-0.4, -0.2) is 18.0 Å². The molecule has 2 aromatic carbocycles. The number of anilines is 1. The zero-order chi connectivity index (χ0) is 15.5. The summed E-state index contributed by atoms with van der Waals surface area (Å²) in [5.41, 5.74) is 3.14. The second-order valence-electron chi connectivity index (χ2n) is 4.99. The zero-order valence-electron chi connectivity index (χ0n) is 12.4. The third kappa shape index (κ3) is 3.09. The third-order valence-corrected chi connectivity index (χ3v) is 3.30. The van der Waals surface area contributed by atoms with Gasteiger partial charge in [-0.1, -0.05) is 6.07 Å². The molecule has 112 valence electrons. The second kappa shape index (κ2) is 5.89. The molecular weight excluding hydrogens is 280 g/mol. The van der Waals surface area contributed by atoms with Crippen molar-refractivity contribution < 1.29 is 13.9 Å². The number of nitrogens with zero attached hydrogens (tertiary/aromatic N) is 1. The van der Waals surface area contributed by atoms with E-state index < -0.39 is 0 Å². The fourth-order valence-electron chi connectivity index (χ4n) is 2.26. The number of aryl methyl sites for hydroxylation is 1. The Balaban J connectivity index is 1.69. The lowest BCUT2D eigenvalue weighted by Crippen LogP contribution is -2.14. The Kier molecular flexibility index (Phi) is 3.78. The van der Waals surface area contributed by atoms with E-state index in [-0.39, 0.29) is 12.3 Å². The van der Waals surface area contributed by atoms with Gasteiger partial charge in [-0.05, 0) is 42.0 Å². The number of methoxy groups -OCH3 is 1. The van der Waals surface area contributed by atoms with Crippen molar-refractivity contribution in [3.05, 3.63) is 53.9 Å². The molecule has 0 atom stereocenters. The highest BCUT2D eigenvalue weighted by atomic mass is 16.5. The third-order valence-electron chi connectivity index (χ3n) is 3.30. The first-order valence-electron chi connectivity index (χ1n) is 6.94. The van der Waals surface area contributed by atoms with Gasteiger partial charge in [-0.3, -0.25) is 4.79 Å². The van der Waals surface area contributed by atoms with E-state index in [1.54, 1.807) is 38.3 Å². The van der Waals surface area contributed by atoms with E-state index in [4.69, 9.17) is 9.15 Å². The molecule has 22 heavy (non-hydrogen) atoms. The van der Waals surface area contributed by atoms with Crippen molar-refractivity contribution >= 4 is 22.7 Å². The molecule has 1 amide bonds. The molecule has 0 saturated carbocycles. The van der Waals surface area contributed by atoms with Crippen LogP contribution in [0.2, 0.25) is 0 Å². The molecule has 0 fully saturated rings. The van der Waals surface area contributed by atoms with Crippen molar-refractivity contribution in [1.29, 1.82) is 0 Å². The number of rotatable bonds is 4. The number of oxazole rings is 1. The highest BCUT2D eigenvalue weighted by Crippen LogP contribution is 2.18. The fraction of sp³-hybridized carbons (Fsp3) is 0.176. The van der Waals surface area contributed by atoms with E-state index in [0.717, 1.165) is 28.1 Å². The Morgan fingerprint density at radius 3 is 2.73 bits per heavy atom. The second-order valence-corrected chi connectivity index (χ2v) is 4.99. The normalized spacial score (nSPS) is 10.6. The first-order valence-corrected chi connectivity index (χ1v) is 6.94. The number of hydrogen-bond donors (Lipinski definition) is 1. The van der Waals surface area contributed by atoms with E-state index in [9.17, 15) is 4.79 Å². The molecular formula is C17H16N2O3. The largest absolute Gasteiger partial charge is 0.497 e. The Morgan fingerprint density at radius 1 is 1.23 bits per heavy atom. The van der Waals surface area contributed by atoms with Crippen LogP contribution in [-0.2, 0) is 11.2 Å². The summed E-state index contributed by atoms with van der Waals surface area (Å²) in [4.78, 5) is 16.4. The van der Waals surface area contributed by atoms with Crippen LogP contribution in [0.3, 0.4) is 0 Å². The number of fused-ring (bicyclic) bond motifs is 1. The maximum absolute atomic E-state index is 12.1. The van der Waals surface area contributed by atoms with Gasteiger partial charge in [0.2, 0.25) is 5.91 Å². The number of carbonyl (C=O) groups is 1. The molecule has 0 aliphatic heterocycles. The van der Waals surface area contributed by atoms with Gasteiger partial charge in [-0.25, -0.2) is 4.98 Å². The van der Waals surface area contributed by atoms with Crippen LogP contribution in [0.25, 0.3) is 11.1 Å². The molecule has 0 radical (unpaired) electrons. The number of nitrogens with one attached hydrogen (secondary N) is 1. The van der Waals surface area contributed by atoms with Crippen LogP contribution >= 0.6 is 0 Å². The lowest BCUT2D eigenvalue weighted by molar-refractivity contribution is -0.115. The number of carbonyl (C=O) groups excluding carboxylic acids is 1. The molecule has 1 N–H and O–H groups in total. The van der Waals surface area contributed by atoms with Gasteiger partial charge in [-0.15, -0.1) is 0 Å². The molecule has 5 nitrogen and oxygen atoms in total. The standard InChI is InChI=1S/C17H16N2O3/c1-11-18-15-9-12(3-8-16(15)22-11)10-17(20)19-13-4-6-14(21-2)7-5-13/h3-9H,10H2,1-2H3,(H,19,20). The van der Waals surface area contributed by atoms with Crippen LogP contribution in [0.15, 0.2) is 46.9 Å². The summed E-state index contributed by atoms with van der Waals surface area (Å²) in [5.74, 6) is 1.30. The van der Waals surface area contributed by atoms with E-state index in [1.807, 2.05) is 18.2 Å². The minimum Gasteiger partial charge on any atom is -0.497 e. The highest BCUT2D eigenvalue weighted by Gasteiger charge is 2.08. The van der Waals surface area contributed by atoms with Gasteiger partial charge in [0, 0.05) is 12.6 Å². The van der Waals surface area contributed by atoms with Gasteiger partial charge in [0.15, 0.2) is 11.5 Å². The summed E-state index contributed by atoms with van der Waals surface area (Å²) >= 11 is 0. The minimum absolute atomic E-state index is 0.0790. The van der Waals surface area contributed by atoms with Gasteiger partial charge in [0.25, 0.3) is 0 Å². The Labute approximate surface area is 127 Å².